The number of ether oxygens (including phenoxy) is 1. The van der Waals surface area contributed by atoms with Gasteiger partial charge >= 0.3 is 13.2 Å². The summed E-state index contributed by atoms with van der Waals surface area (Å²) in [6, 6.07) is 7.74. The van der Waals surface area contributed by atoms with Crippen LogP contribution in [0.5, 0.6) is 0 Å². The predicted octanol–water partition coefficient (Wildman–Crippen LogP) is 3.76. The van der Waals surface area contributed by atoms with Crippen LogP contribution in [-0.2, 0) is 20.6 Å². The Bertz CT molecular complexity index is 834. The first-order chi connectivity index (χ1) is 12.4. The third-order valence-corrected chi connectivity index (χ3v) is 4.92. The van der Waals surface area contributed by atoms with Crippen LogP contribution in [0.4, 0.5) is 4.79 Å². The average molecular weight is 373 g/mol. The molecule has 7 heteroatoms. The Balaban J connectivity index is 1.71. The molecule has 2 aromatic rings. The number of alkyl carbamates (subject to hydrolysis) is 1. The molecular weight excluding hydrogens is 345 g/mol. The van der Waals surface area contributed by atoms with Gasteiger partial charge in [-0.3, -0.25) is 0 Å². The molecule has 2 heterocycles. The summed E-state index contributed by atoms with van der Waals surface area (Å²) < 4.78 is 23.2. The average Bonchev–Trinajstić information content (AvgIpc) is 3.00. The van der Waals surface area contributed by atoms with Gasteiger partial charge in [0, 0.05) is 5.39 Å². The molecule has 0 aliphatic carbocycles. The van der Waals surface area contributed by atoms with Crippen LogP contribution in [0.3, 0.4) is 0 Å². The van der Waals surface area contributed by atoms with E-state index in [0.717, 1.165) is 16.4 Å². The van der Waals surface area contributed by atoms with E-state index in [1.165, 1.54) is 0 Å². The van der Waals surface area contributed by atoms with Crippen molar-refractivity contribution in [3.05, 3.63) is 30.0 Å². The summed E-state index contributed by atoms with van der Waals surface area (Å²) in [5, 5.41) is 3.64. The molecule has 0 radical (unpaired) electrons. The van der Waals surface area contributed by atoms with Crippen molar-refractivity contribution in [1.29, 1.82) is 0 Å². The minimum absolute atomic E-state index is 0.259. The number of nitrogens with one attached hydrogen (secondary N) is 1. The van der Waals surface area contributed by atoms with E-state index in [1.807, 2.05) is 72.7 Å². The van der Waals surface area contributed by atoms with E-state index in [0.29, 0.717) is 5.76 Å². The van der Waals surface area contributed by atoms with Crippen molar-refractivity contribution in [2.45, 2.75) is 71.8 Å². The summed E-state index contributed by atoms with van der Waals surface area (Å²) in [7, 11) is -0.419. The van der Waals surface area contributed by atoms with Crippen LogP contribution in [0, 0.1) is 0 Å². The standard InChI is InChI=1S/C20H28BNO5/c1-18(2,3)25-17(23)22-12-15-11-13-10-14(8-9-16(13)24-15)21-26-19(4,5)20(6,7)27-21/h8-11H,12H2,1-7H3,(H,22,23). The lowest BCUT2D eigenvalue weighted by molar-refractivity contribution is 0.00578. The highest BCUT2D eigenvalue weighted by Crippen LogP contribution is 2.36. The summed E-state index contributed by atoms with van der Waals surface area (Å²) in [5.41, 5.74) is 0.386. The van der Waals surface area contributed by atoms with Crippen LogP contribution in [0.15, 0.2) is 28.7 Å². The molecule has 146 valence electrons. The van der Waals surface area contributed by atoms with Crippen molar-refractivity contribution in [2.24, 2.45) is 0 Å². The van der Waals surface area contributed by atoms with Gasteiger partial charge in [-0.25, -0.2) is 4.79 Å². The highest BCUT2D eigenvalue weighted by molar-refractivity contribution is 6.62. The molecule has 1 aliphatic heterocycles. The second kappa shape index (κ2) is 6.57. The maximum absolute atomic E-state index is 11.8. The molecule has 0 saturated carbocycles. The van der Waals surface area contributed by atoms with Gasteiger partial charge in [-0.05, 0) is 66.1 Å². The molecule has 1 aromatic carbocycles. The van der Waals surface area contributed by atoms with Crippen molar-refractivity contribution in [3.63, 3.8) is 0 Å². The van der Waals surface area contributed by atoms with Crippen LogP contribution in [0.1, 0.15) is 54.2 Å². The fourth-order valence-corrected chi connectivity index (χ4v) is 2.80. The van der Waals surface area contributed by atoms with Gasteiger partial charge in [0.15, 0.2) is 0 Å². The Morgan fingerprint density at radius 2 is 1.74 bits per heavy atom. The second-order valence-corrected chi connectivity index (χ2v) is 8.95. The van der Waals surface area contributed by atoms with E-state index in [4.69, 9.17) is 18.5 Å². The van der Waals surface area contributed by atoms with Crippen LogP contribution < -0.4 is 10.8 Å². The van der Waals surface area contributed by atoms with Crippen LogP contribution in [0.2, 0.25) is 0 Å². The molecule has 27 heavy (non-hydrogen) atoms. The Hall–Kier alpha value is -1.99. The number of amides is 1. The third-order valence-electron chi connectivity index (χ3n) is 4.92. The Morgan fingerprint density at radius 3 is 2.33 bits per heavy atom. The molecule has 1 amide bonds. The SMILES string of the molecule is CC(C)(C)OC(=O)NCc1cc2cc(B3OC(C)(C)C(C)(C)O3)ccc2o1. The lowest BCUT2D eigenvalue weighted by Gasteiger charge is -2.32. The van der Waals surface area contributed by atoms with Gasteiger partial charge in [0.1, 0.15) is 16.9 Å². The van der Waals surface area contributed by atoms with Crippen LogP contribution in [0.25, 0.3) is 11.0 Å². The number of fused-ring (bicyclic) bond motifs is 1. The van der Waals surface area contributed by atoms with Gasteiger partial charge in [-0.2, -0.15) is 0 Å². The Kier molecular flexibility index (Phi) is 4.81. The van der Waals surface area contributed by atoms with E-state index in [2.05, 4.69) is 5.32 Å². The highest BCUT2D eigenvalue weighted by atomic mass is 16.7. The van der Waals surface area contributed by atoms with Gasteiger partial charge in [-0.1, -0.05) is 12.1 Å². The second-order valence-electron chi connectivity index (χ2n) is 8.95. The highest BCUT2D eigenvalue weighted by Gasteiger charge is 2.51. The monoisotopic (exact) mass is 373 g/mol. The molecule has 1 fully saturated rings. The molecule has 1 aliphatic rings. The van der Waals surface area contributed by atoms with Gasteiger partial charge < -0.3 is 23.8 Å². The molecule has 1 aromatic heterocycles. The molecule has 0 atom stereocenters. The van der Waals surface area contributed by atoms with Gasteiger partial charge in [0.25, 0.3) is 0 Å². The molecule has 1 saturated heterocycles. The quantitative estimate of drug-likeness (QED) is 0.830. The first-order valence-electron chi connectivity index (χ1n) is 9.21. The van der Waals surface area contributed by atoms with Gasteiger partial charge in [0.2, 0.25) is 0 Å². The normalized spacial score (nSPS) is 18.7. The molecular formula is C20H28BNO5. The van der Waals surface area contributed by atoms with Crippen molar-refractivity contribution >= 4 is 29.6 Å². The zero-order chi connectivity index (χ0) is 20.0. The third kappa shape index (κ3) is 4.30. The van der Waals surface area contributed by atoms with Crippen molar-refractivity contribution in [2.75, 3.05) is 0 Å². The molecule has 0 bridgehead atoms. The smallest absolute Gasteiger partial charge is 0.459 e. The first-order valence-corrected chi connectivity index (χ1v) is 9.21. The number of carbonyl (C=O) groups excluding carboxylic acids is 1. The topological polar surface area (TPSA) is 69.9 Å². The minimum Gasteiger partial charge on any atom is -0.459 e. The van der Waals surface area contributed by atoms with Crippen LogP contribution in [-0.4, -0.2) is 30.0 Å². The Morgan fingerprint density at radius 1 is 1.11 bits per heavy atom. The zero-order valence-electron chi connectivity index (χ0n) is 17.1. The maximum atomic E-state index is 11.8. The molecule has 0 spiro atoms. The first kappa shape index (κ1) is 19.8. The maximum Gasteiger partial charge on any atom is 0.494 e. The van der Waals surface area contributed by atoms with Crippen LogP contribution >= 0.6 is 0 Å². The summed E-state index contributed by atoms with van der Waals surface area (Å²) >= 11 is 0. The zero-order valence-corrected chi connectivity index (χ0v) is 17.1. The van der Waals surface area contributed by atoms with E-state index in [1.54, 1.807) is 0 Å². The molecule has 0 unspecified atom stereocenters. The van der Waals surface area contributed by atoms with E-state index in [9.17, 15) is 4.79 Å². The summed E-state index contributed by atoms with van der Waals surface area (Å²) in [6.45, 7) is 13.9. The van der Waals surface area contributed by atoms with Gasteiger partial charge in [0.05, 0.1) is 17.7 Å². The number of hydrogen-bond donors (Lipinski definition) is 1. The Labute approximate surface area is 160 Å². The lowest BCUT2D eigenvalue weighted by Crippen LogP contribution is -2.41. The number of rotatable bonds is 3. The summed E-state index contributed by atoms with van der Waals surface area (Å²) in [4.78, 5) is 11.8. The summed E-state index contributed by atoms with van der Waals surface area (Å²) in [6.07, 6.45) is -0.471. The lowest BCUT2D eigenvalue weighted by atomic mass is 9.79. The van der Waals surface area contributed by atoms with Gasteiger partial charge in [-0.15, -0.1) is 0 Å². The fourth-order valence-electron chi connectivity index (χ4n) is 2.80. The predicted molar refractivity (Wildman–Crippen MR) is 105 cm³/mol. The van der Waals surface area contributed by atoms with E-state index in [-0.39, 0.29) is 17.7 Å². The number of furan rings is 1. The minimum atomic E-state index is -0.532. The number of benzene rings is 1. The summed E-state index contributed by atoms with van der Waals surface area (Å²) in [5.74, 6) is 0.655. The molecule has 3 rings (SSSR count). The molecule has 1 N–H and O–H groups in total. The number of carbonyl (C=O) groups is 1. The van der Waals surface area contributed by atoms with Crippen molar-refractivity contribution < 1.29 is 23.3 Å². The van der Waals surface area contributed by atoms with E-state index >= 15 is 0 Å². The molecule has 6 nitrogen and oxygen atoms in total. The largest absolute Gasteiger partial charge is 0.494 e. The van der Waals surface area contributed by atoms with Crippen molar-refractivity contribution in [3.8, 4) is 0 Å². The van der Waals surface area contributed by atoms with E-state index < -0.39 is 18.8 Å². The fraction of sp³-hybridized carbons (Fsp3) is 0.550. The number of hydrogen-bond acceptors (Lipinski definition) is 5. The van der Waals surface area contributed by atoms with Crippen molar-refractivity contribution in [1.82, 2.24) is 5.32 Å².